The number of hydrogen-bond acceptors (Lipinski definition) is 2. The Kier molecular flexibility index (Phi) is 5.56. The van der Waals surface area contributed by atoms with Gasteiger partial charge in [-0.1, -0.05) is 25.7 Å². The fraction of sp³-hybridized carbons (Fsp3) is 0.944. The first kappa shape index (κ1) is 15.3. The van der Waals surface area contributed by atoms with Crippen molar-refractivity contribution in [2.45, 2.75) is 76.7 Å². The second-order valence-electron chi connectivity index (χ2n) is 7.53. The average Bonchev–Trinajstić information content (AvgIpc) is 3.33. The van der Waals surface area contributed by atoms with Gasteiger partial charge in [-0.3, -0.25) is 4.79 Å². The zero-order chi connectivity index (χ0) is 14.5. The molecular weight excluding hydrogens is 260 g/mol. The summed E-state index contributed by atoms with van der Waals surface area (Å²) in [7, 11) is 0. The van der Waals surface area contributed by atoms with Crippen molar-refractivity contribution in [1.82, 2.24) is 10.2 Å². The number of hydrogen-bond donors (Lipinski definition) is 1. The number of nitrogens with one attached hydrogen (secondary N) is 1. The Morgan fingerprint density at radius 2 is 1.52 bits per heavy atom. The second kappa shape index (κ2) is 7.62. The van der Waals surface area contributed by atoms with Crippen LogP contribution in [0, 0.1) is 11.8 Å². The van der Waals surface area contributed by atoms with Gasteiger partial charge in [0.05, 0.1) is 0 Å². The first-order chi connectivity index (χ1) is 10.3. The molecule has 1 amide bonds. The molecule has 120 valence electrons. The molecule has 1 heterocycles. The van der Waals surface area contributed by atoms with Gasteiger partial charge < -0.3 is 10.2 Å². The molecule has 2 saturated carbocycles. The van der Waals surface area contributed by atoms with Crippen LogP contribution in [0.3, 0.4) is 0 Å². The highest BCUT2D eigenvalue weighted by atomic mass is 16.2. The molecular formula is C18H32N2O. The maximum atomic E-state index is 12.8. The van der Waals surface area contributed by atoms with Crippen LogP contribution < -0.4 is 5.32 Å². The summed E-state index contributed by atoms with van der Waals surface area (Å²) in [5, 5.41) is 3.43. The normalized spacial score (nSPS) is 25.5. The van der Waals surface area contributed by atoms with E-state index in [-0.39, 0.29) is 0 Å². The molecule has 1 aliphatic heterocycles. The minimum Gasteiger partial charge on any atom is -0.339 e. The molecule has 2 aliphatic carbocycles. The summed E-state index contributed by atoms with van der Waals surface area (Å²) in [5.74, 6) is 1.89. The van der Waals surface area contributed by atoms with Crippen molar-refractivity contribution in [3.8, 4) is 0 Å². The van der Waals surface area contributed by atoms with E-state index in [9.17, 15) is 4.79 Å². The lowest BCUT2D eigenvalue weighted by atomic mass is 9.94. The van der Waals surface area contributed by atoms with E-state index in [0.717, 1.165) is 32.0 Å². The topological polar surface area (TPSA) is 32.3 Å². The van der Waals surface area contributed by atoms with E-state index in [1.54, 1.807) is 0 Å². The average molecular weight is 292 g/mol. The number of piperidine rings is 1. The molecule has 0 spiro atoms. The highest BCUT2D eigenvalue weighted by Gasteiger charge is 2.34. The van der Waals surface area contributed by atoms with Crippen LogP contribution in [-0.2, 0) is 4.79 Å². The van der Waals surface area contributed by atoms with Gasteiger partial charge in [0.15, 0.2) is 0 Å². The molecule has 1 N–H and O–H groups in total. The van der Waals surface area contributed by atoms with Crippen molar-refractivity contribution >= 4 is 5.91 Å². The third-order valence-corrected chi connectivity index (χ3v) is 5.66. The first-order valence-corrected chi connectivity index (χ1v) is 9.33. The first-order valence-electron chi connectivity index (χ1n) is 9.33. The largest absolute Gasteiger partial charge is 0.339 e. The molecule has 3 rings (SSSR count). The van der Waals surface area contributed by atoms with Crippen LogP contribution in [0.5, 0.6) is 0 Å². The predicted molar refractivity (Wildman–Crippen MR) is 86.1 cm³/mol. The van der Waals surface area contributed by atoms with E-state index in [2.05, 4.69) is 10.2 Å². The molecule has 3 fully saturated rings. The predicted octanol–water partition coefficient (Wildman–Crippen LogP) is 3.34. The molecule has 3 heteroatoms. The van der Waals surface area contributed by atoms with E-state index >= 15 is 0 Å². The number of amides is 1. The van der Waals surface area contributed by atoms with Crippen LogP contribution in [0.2, 0.25) is 0 Å². The lowest BCUT2D eigenvalue weighted by Crippen LogP contribution is -2.41. The van der Waals surface area contributed by atoms with Crippen molar-refractivity contribution in [2.24, 2.45) is 11.8 Å². The summed E-state index contributed by atoms with van der Waals surface area (Å²) >= 11 is 0. The Balaban J connectivity index is 1.51. The van der Waals surface area contributed by atoms with Gasteiger partial charge in [-0.25, -0.2) is 0 Å². The van der Waals surface area contributed by atoms with Gasteiger partial charge in [0.25, 0.3) is 0 Å². The van der Waals surface area contributed by atoms with Crippen molar-refractivity contribution in [1.29, 1.82) is 0 Å². The molecule has 0 aromatic rings. The van der Waals surface area contributed by atoms with Crippen molar-refractivity contribution in [3.05, 3.63) is 0 Å². The fourth-order valence-corrected chi connectivity index (χ4v) is 4.12. The van der Waals surface area contributed by atoms with Gasteiger partial charge in [-0.2, -0.15) is 0 Å². The maximum absolute atomic E-state index is 12.8. The Labute approximate surface area is 129 Å². The molecule has 3 aliphatic rings. The van der Waals surface area contributed by atoms with Crippen molar-refractivity contribution in [3.63, 3.8) is 0 Å². The molecule has 0 aromatic heterocycles. The number of carbonyl (C=O) groups is 1. The lowest BCUT2D eigenvalue weighted by Gasteiger charge is -2.31. The SMILES string of the molecule is O=C(CC1CCCCCC1)N(CC1CCNCC1)C1CC1. The van der Waals surface area contributed by atoms with Crippen molar-refractivity contribution in [2.75, 3.05) is 19.6 Å². The standard InChI is InChI=1S/C18H32N2O/c21-18(13-15-5-3-1-2-4-6-15)20(17-7-8-17)14-16-9-11-19-12-10-16/h15-17,19H,1-14H2. The third kappa shape index (κ3) is 4.70. The van der Waals surface area contributed by atoms with Crippen LogP contribution in [0.15, 0.2) is 0 Å². The quantitative estimate of drug-likeness (QED) is 0.788. The van der Waals surface area contributed by atoms with E-state index in [0.29, 0.717) is 17.9 Å². The number of rotatable bonds is 5. The van der Waals surface area contributed by atoms with Gasteiger partial charge in [-0.05, 0) is 63.5 Å². The highest BCUT2D eigenvalue weighted by Crippen LogP contribution is 2.32. The minimum absolute atomic E-state index is 0.475. The monoisotopic (exact) mass is 292 g/mol. The van der Waals surface area contributed by atoms with Crippen LogP contribution in [0.4, 0.5) is 0 Å². The molecule has 0 radical (unpaired) electrons. The Hall–Kier alpha value is -0.570. The van der Waals surface area contributed by atoms with Gasteiger partial charge in [-0.15, -0.1) is 0 Å². The lowest BCUT2D eigenvalue weighted by molar-refractivity contribution is -0.133. The molecule has 21 heavy (non-hydrogen) atoms. The fourth-order valence-electron chi connectivity index (χ4n) is 4.12. The third-order valence-electron chi connectivity index (χ3n) is 5.66. The highest BCUT2D eigenvalue weighted by molar-refractivity contribution is 5.77. The van der Waals surface area contributed by atoms with Crippen LogP contribution in [0.25, 0.3) is 0 Å². The maximum Gasteiger partial charge on any atom is 0.223 e. The second-order valence-corrected chi connectivity index (χ2v) is 7.53. The van der Waals surface area contributed by atoms with Crippen LogP contribution >= 0.6 is 0 Å². The van der Waals surface area contributed by atoms with E-state index in [4.69, 9.17) is 0 Å². The Morgan fingerprint density at radius 3 is 2.14 bits per heavy atom. The van der Waals surface area contributed by atoms with Crippen LogP contribution in [-0.4, -0.2) is 36.5 Å². The smallest absolute Gasteiger partial charge is 0.223 e. The summed E-state index contributed by atoms with van der Waals surface area (Å²) in [4.78, 5) is 15.1. The summed E-state index contributed by atoms with van der Waals surface area (Å²) in [6.45, 7) is 3.32. The number of nitrogens with zero attached hydrogens (tertiary/aromatic N) is 1. The van der Waals surface area contributed by atoms with E-state index < -0.39 is 0 Å². The van der Waals surface area contributed by atoms with Crippen LogP contribution in [0.1, 0.15) is 70.6 Å². The van der Waals surface area contributed by atoms with E-state index in [1.165, 1.54) is 64.2 Å². The Bertz CT molecular complexity index is 326. The summed E-state index contributed by atoms with van der Waals surface area (Å²) < 4.78 is 0. The van der Waals surface area contributed by atoms with E-state index in [1.807, 2.05) is 0 Å². The summed E-state index contributed by atoms with van der Waals surface area (Å²) in [6, 6.07) is 0.596. The number of carbonyl (C=O) groups excluding carboxylic acids is 1. The molecule has 0 bridgehead atoms. The zero-order valence-corrected chi connectivity index (χ0v) is 13.5. The molecule has 0 atom stereocenters. The minimum atomic E-state index is 0.475. The Morgan fingerprint density at radius 1 is 0.857 bits per heavy atom. The summed E-state index contributed by atoms with van der Waals surface area (Å²) in [6.07, 6.45) is 13.9. The molecule has 0 unspecified atom stereocenters. The molecule has 0 aromatic carbocycles. The van der Waals surface area contributed by atoms with Gasteiger partial charge in [0.2, 0.25) is 5.91 Å². The summed E-state index contributed by atoms with van der Waals surface area (Å²) in [5.41, 5.74) is 0. The molecule has 3 nitrogen and oxygen atoms in total. The van der Waals surface area contributed by atoms with Gasteiger partial charge in [0.1, 0.15) is 0 Å². The van der Waals surface area contributed by atoms with Gasteiger partial charge >= 0.3 is 0 Å². The van der Waals surface area contributed by atoms with Gasteiger partial charge in [0, 0.05) is 19.0 Å². The molecule has 1 saturated heterocycles. The zero-order valence-electron chi connectivity index (χ0n) is 13.5. The van der Waals surface area contributed by atoms with Crippen molar-refractivity contribution < 1.29 is 4.79 Å².